The Bertz CT molecular complexity index is 547. The molecule has 3 aliphatic rings. The minimum Gasteiger partial charge on any atom is -0.326 e. The Morgan fingerprint density at radius 3 is 2.52 bits per heavy atom. The third-order valence-electron chi connectivity index (χ3n) is 6.17. The van der Waals surface area contributed by atoms with E-state index < -0.39 is 0 Å². The van der Waals surface area contributed by atoms with E-state index in [4.69, 9.17) is 0 Å². The first kappa shape index (κ1) is 15.2. The fourth-order valence-electron chi connectivity index (χ4n) is 4.97. The van der Waals surface area contributed by atoms with Crippen LogP contribution in [0.2, 0.25) is 0 Å². The SMILES string of the molecule is O=C(C[C@H]1C[C@H]2CC[C@H]1C2)Nc1ccc(CN2CCCC2)cc1. The molecule has 1 heterocycles. The van der Waals surface area contributed by atoms with Crippen molar-refractivity contribution in [3.05, 3.63) is 29.8 Å². The molecule has 3 atom stereocenters. The van der Waals surface area contributed by atoms with E-state index in [9.17, 15) is 4.79 Å². The first-order valence-corrected chi connectivity index (χ1v) is 9.37. The summed E-state index contributed by atoms with van der Waals surface area (Å²) in [5.41, 5.74) is 2.29. The molecule has 2 aliphatic carbocycles. The van der Waals surface area contributed by atoms with E-state index in [1.807, 2.05) is 0 Å². The summed E-state index contributed by atoms with van der Waals surface area (Å²) in [7, 11) is 0. The number of fused-ring (bicyclic) bond motifs is 2. The van der Waals surface area contributed by atoms with Crippen molar-refractivity contribution in [1.29, 1.82) is 0 Å². The molecular weight excluding hydrogens is 284 g/mol. The average Bonchev–Trinajstić information content (AvgIpc) is 3.27. The van der Waals surface area contributed by atoms with Crippen LogP contribution in [0.3, 0.4) is 0 Å². The van der Waals surface area contributed by atoms with Crippen LogP contribution in [0.5, 0.6) is 0 Å². The lowest BCUT2D eigenvalue weighted by Crippen LogP contribution is -2.20. The molecule has 2 bridgehead atoms. The summed E-state index contributed by atoms with van der Waals surface area (Å²) in [6, 6.07) is 8.44. The topological polar surface area (TPSA) is 32.3 Å². The number of hydrogen-bond donors (Lipinski definition) is 1. The summed E-state index contributed by atoms with van der Waals surface area (Å²) in [4.78, 5) is 14.8. The van der Waals surface area contributed by atoms with Crippen molar-refractivity contribution in [3.8, 4) is 0 Å². The largest absolute Gasteiger partial charge is 0.326 e. The normalized spacial score (nSPS) is 30.0. The Balaban J connectivity index is 1.27. The van der Waals surface area contributed by atoms with Crippen LogP contribution in [-0.2, 0) is 11.3 Å². The molecule has 3 nitrogen and oxygen atoms in total. The Labute approximate surface area is 139 Å². The highest BCUT2D eigenvalue weighted by Gasteiger charge is 2.40. The van der Waals surface area contributed by atoms with Gasteiger partial charge < -0.3 is 5.32 Å². The predicted molar refractivity (Wildman–Crippen MR) is 93.1 cm³/mol. The molecule has 1 saturated heterocycles. The van der Waals surface area contributed by atoms with Gasteiger partial charge in [0.25, 0.3) is 0 Å². The number of carbonyl (C=O) groups is 1. The van der Waals surface area contributed by atoms with E-state index in [0.717, 1.165) is 30.5 Å². The summed E-state index contributed by atoms with van der Waals surface area (Å²) in [5, 5.41) is 3.10. The van der Waals surface area contributed by atoms with E-state index in [1.165, 1.54) is 57.2 Å². The second-order valence-corrected chi connectivity index (χ2v) is 7.87. The van der Waals surface area contributed by atoms with E-state index in [1.54, 1.807) is 0 Å². The summed E-state index contributed by atoms with van der Waals surface area (Å²) in [6.45, 7) is 3.49. The highest BCUT2D eigenvalue weighted by molar-refractivity contribution is 5.90. The highest BCUT2D eigenvalue weighted by Crippen LogP contribution is 2.49. The number of nitrogens with zero attached hydrogens (tertiary/aromatic N) is 1. The quantitative estimate of drug-likeness (QED) is 0.889. The molecule has 1 N–H and O–H groups in total. The van der Waals surface area contributed by atoms with Gasteiger partial charge >= 0.3 is 0 Å². The van der Waals surface area contributed by atoms with Crippen molar-refractivity contribution < 1.29 is 4.79 Å². The maximum absolute atomic E-state index is 12.3. The van der Waals surface area contributed by atoms with Gasteiger partial charge in [-0.2, -0.15) is 0 Å². The first-order valence-electron chi connectivity index (χ1n) is 9.37. The van der Waals surface area contributed by atoms with Crippen molar-refractivity contribution in [3.63, 3.8) is 0 Å². The molecular formula is C20H28N2O. The lowest BCUT2D eigenvalue weighted by atomic mass is 9.86. The fourth-order valence-corrected chi connectivity index (χ4v) is 4.97. The van der Waals surface area contributed by atoms with Crippen LogP contribution in [-0.4, -0.2) is 23.9 Å². The molecule has 0 aromatic heterocycles. The van der Waals surface area contributed by atoms with Crippen LogP contribution in [0.15, 0.2) is 24.3 Å². The van der Waals surface area contributed by atoms with E-state index in [-0.39, 0.29) is 5.91 Å². The Kier molecular flexibility index (Phi) is 4.39. The maximum atomic E-state index is 12.3. The van der Waals surface area contributed by atoms with Gasteiger partial charge in [0.2, 0.25) is 5.91 Å². The van der Waals surface area contributed by atoms with Crippen LogP contribution in [0.4, 0.5) is 5.69 Å². The van der Waals surface area contributed by atoms with Crippen molar-refractivity contribution >= 4 is 11.6 Å². The number of rotatable bonds is 5. The number of likely N-dealkylation sites (tertiary alicyclic amines) is 1. The van der Waals surface area contributed by atoms with Gasteiger partial charge in [-0.3, -0.25) is 9.69 Å². The maximum Gasteiger partial charge on any atom is 0.224 e. The minimum absolute atomic E-state index is 0.204. The number of nitrogens with one attached hydrogen (secondary N) is 1. The number of carbonyl (C=O) groups excluding carboxylic acids is 1. The number of amides is 1. The monoisotopic (exact) mass is 312 g/mol. The van der Waals surface area contributed by atoms with Gasteiger partial charge in [-0.05, 0) is 80.6 Å². The molecule has 3 fully saturated rings. The standard InChI is InChI=1S/C20H28N2O/c23-20(13-18-12-16-3-6-17(18)11-16)21-19-7-4-15(5-8-19)14-22-9-1-2-10-22/h4-5,7-8,16-18H,1-3,6,9-14H2,(H,21,23)/t16-,17-,18+/m0/s1. The summed E-state index contributed by atoms with van der Waals surface area (Å²) < 4.78 is 0. The second kappa shape index (κ2) is 6.64. The molecule has 1 amide bonds. The van der Waals surface area contributed by atoms with E-state index in [2.05, 4.69) is 34.5 Å². The summed E-state index contributed by atoms with van der Waals surface area (Å²) >= 11 is 0. The first-order chi connectivity index (χ1) is 11.3. The van der Waals surface area contributed by atoms with Gasteiger partial charge in [-0.25, -0.2) is 0 Å². The molecule has 1 aromatic rings. The molecule has 0 spiro atoms. The van der Waals surface area contributed by atoms with E-state index >= 15 is 0 Å². The Hall–Kier alpha value is -1.35. The lowest BCUT2D eigenvalue weighted by Gasteiger charge is -2.21. The van der Waals surface area contributed by atoms with Crippen molar-refractivity contribution in [2.45, 2.75) is 51.5 Å². The van der Waals surface area contributed by atoms with Crippen molar-refractivity contribution in [2.24, 2.45) is 17.8 Å². The molecule has 2 saturated carbocycles. The van der Waals surface area contributed by atoms with Crippen molar-refractivity contribution in [1.82, 2.24) is 4.90 Å². The smallest absolute Gasteiger partial charge is 0.224 e. The molecule has 4 rings (SSSR count). The molecule has 1 aliphatic heterocycles. The van der Waals surface area contributed by atoms with Crippen LogP contribution in [0, 0.1) is 17.8 Å². The number of anilines is 1. The van der Waals surface area contributed by atoms with E-state index in [0.29, 0.717) is 5.92 Å². The molecule has 124 valence electrons. The Morgan fingerprint density at radius 1 is 1.09 bits per heavy atom. The molecule has 0 radical (unpaired) electrons. The van der Waals surface area contributed by atoms with Gasteiger partial charge in [0.05, 0.1) is 0 Å². The van der Waals surface area contributed by atoms with Gasteiger partial charge in [-0.15, -0.1) is 0 Å². The third kappa shape index (κ3) is 3.60. The third-order valence-corrected chi connectivity index (χ3v) is 6.17. The van der Waals surface area contributed by atoms with Gasteiger partial charge in [0.1, 0.15) is 0 Å². The second-order valence-electron chi connectivity index (χ2n) is 7.87. The fraction of sp³-hybridized carbons (Fsp3) is 0.650. The molecule has 23 heavy (non-hydrogen) atoms. The zero-order valence-corrected chi connectivity index (χ0v) is 14.0. The minimum atomic E-state index is 0.204. The summed E-state index contributed by atoms with van der Waals surface area (Å²) in [6.07, 6.45) is 8.80. The number of hydrogen-bond acceptors (Lipinski definition) is 2. The van der Waals surface area contributed by atoms with Crippen LogP contribution in [0.25, 0.3) is 0 Å². The van der Waals surface area contributed by atoms with Gasteiger partial charge in [0.15, 0.2) is 0 Å². The number of benzene rings is 1. The van der Waals surface area contributed by atoms with Crippen LogP contribution in [0.1, 0.15) is 50.5 Å². The zero-order chi connectivity index (χ0) is 15.6. The summed E-state index contributed by atoms with van der Waals surface area (Å²) in [5.74, 6) is 2.59. The molecule has 3 heteroatoms. The van der Waals surface area contributed by atoms with Gasteiger partial charge in [-0.1, -0.05) is 18.6 Å². The van der Waals surface area contributed by atoms with Crippen molar-refractivity contribution in [2.75, 3.05) is 18.4 Å². The molecule has 0 unspecified atom stereocenters. The molecule has 1 aromatic carbocycles. The highest BCUT2D eigenvalue weighted by atomic mass is 16.1. The predicted octanol–water partition coefficient (Wildman–Crippen LogP) is 4.05. The van der Waals surface area contributed by atoms with Gasteiger partial charge in [0, 0.05) is 18.7 Å². The zero-order valence-electron chi connectivity index (χ0n) is 14.0. The Morgan fingerprint density at radius 2 is 1.87 bits per heavy atom. The lowest BCUT2D eigenvalue weighted by molar-refractivity contribution is -0.117. The van der Waals surface area contributed by atoms with Crippen LogP contribution >= 0.6 is 0 Å². The van der Waals surface area contributed by atoms with Crippen LogP contribution < -0.4 is 5.32 Å². The average molecular weight is 312 g/mol.